The Bertz CT molecular complexity index is 533. The third kappa shape index (κ3) is 6.65. The van der Waals surface area contributed by atoms with Crippen molar-refractivity contribution in [2.45, 2.75) is 32.4 Å². The van der Waals surface area contributed by atoms with E-state index < -0.39 is 0 Å². The van der Waals surface area contributed by atoms with Gasteiger partial charge in [-0.3, -0.25) is 14.6 Å². The molecule has 0 aromatic heterocycles. The van der Waals surface area contributed by atoms with Crippen LogP contribution in [0.3, 0.4) is 0 Å². The molecule has 1 aliphatic rings. The molecule has 2 atom stereocenters. The van der Waals surface area contributed by atoms with Gasteiger partial charge in [-0.2, -0.15) is 0 Å². The molecule has 6 heteroatoms. The number of ether oxygens (including phenoxy) is 1. The monoisotopic (exact) mass is 349 g/mol. The van der Waals surface area contributed by atoms with Crippen molar-refractivity contribution in [3.63, 3.8) is 0 Å². The van der Waals surface area contributed by atoms with Crippen LogP contribution in [0.5, 0.6) is 5.75 Å². The summed E-state index contributed by atoms with van der Waals surface area (Å²) in [6.07, 6.45) is 0.504. The number of rotatable bonds is 8. The first-order valence-electron chi connectivity index (χ1n) is 9.02. The molecule has 0 saturated carbocycles. The van der Waals surface area contributed by atoms with Gasteiger partial charge in [0.15, 0.2) is 0 Å². The SMILES string of the molecule is COc1ccc(CCNC(=O)CN2CCN(C[C@@H](C)O)[C@@H](C)C2)cc1. The topological polar surface area (TPSA) is 65.0 Å². The molecular formula is C19H31N3O3. The van der Waals surface area contributed by atoms with Crippen molar-refractivity contribution in [3.8, 4) is 5.75 Å². The molecule has 1 heterocycles. The molecule has 0 unspecified atom stereocenters. The van der Waals surface area contributed by atoms with Crippen molar-refractivity contribution >= 4 is 5.91 Å². The van der Waals surface area contributed by atoms with Crippen LogP contribution in [0.25, 0.3) is 0 Å². The number of aliphatic hydroxyl groups excluding tert-OH is 1. The molecule has 140 valence electrons. The second-order valence-corrected chi connectivity index (χ2v) is 6.88. The molecule has 0 aliphatic carbocycles. The van der Waals surface area contributed by atoms with Crippen LogP contribution in [0.1, 0.15) is 19.4 Å². The molecule has 1 aromatic carbocycles. The van der Waals surface area contributed by atoms with Crippen LogP contribution in [-0.2, 0) is 11.2 Å². The van der Waals surface area contributed by atoms with Gasteiger partial charge in [0.05, 0.1) is 19.8 Å². The Morgan fingerprint density at radius 2 is 2.08 bits per heavy atom. The van der Waals surface area contributed by atoms with Crippen molar-refractivity contribution in [2.75, 3.05) is 46.4 Å². The molecule has 6 nitrogen and oxygen atoms in total. The lowest BCUT2D eigenvalue weighted by Gasteiger charge is -2.40. The van der Waals surface area contributed by atoms with Crippen LogP contribution >= 0.6 is 0 Å². The number of hydrogen-bond acceptors (Lipinski definition) is 5. The van der Waals surface area contributed by atoms with Gasteiger partial charge in [-0.15, -0.1) is 0 Å². The summed E-state index contributed by atoms with van der Waals surface area (Å²) in [6, 6.07) is 8.27. The first-order chi connectivity index (χ1) is 12.0. The Labute approximate surface area is 150 Å². The summed E-state index contributed by atoms with van der Waals surface area (Å²) in [6.45, 7) is 8.36. The fourth-order valence-electron chi connectivity index (χ4n) is 3.22. The molecule has 1 saturated heterocycles. The number of carbonyl (C=O) groups excluding carboxylic acids is 1. The maximum Gasteiger partial charge on any atom is 0.234 e. The summed E-state index contributed by atoms with van der Waals surface area (Å²) in [5.41, 5.74) is 1.18. The van der Waals surface area contributed by atoms with E-state index in [0.717, 1.165) is 31.8 Å². The van der Waals surface area contributed by atoms with Gasteiger partial charge in [0.25, 0.3) is 0 Å². The van der Waals surface area contributed by atoms with Crippen LogP contribution in [-0.4, -0.2) is 79.3 Å². The Kier molecular flexibility index (Phi) is 7.68. The Morgan fingerprint density at radius 3 is 2.68 bits per heavy atom. The van der Waals surface area contributed by atoms with E-state index in [0.29, 0.717) is 25.7 Å². The molecule has 1 amide bonds. The molecule has 0 radical (unpaired) electrons. The van der Waals surface area contributed by atoms with Crippen molar-refractivity contribution in [2.24, 2.45) is 0 Å². The van der Waals surface area contributed by atoms with Gasteiger partial charge in [-0.25, -0.2) is 0 Å². The van der Waals surface area contributed by atoms with Gasteiger partial charge in [-0.05, 0) is 38.0 Å². The smallest absolute Gasteiger partial charge is 0.234 e. The van der Waals surface area contributed by atoms with Crippen molar-refractivity contribution in [1.82, 2.24) is 15.1 Å². The van der Waals surface area contributed by atoms with Gasteiger partial charge in [0, 0.05) is 38.8 Å². The average Bonchev–Trinajstić information content (AvgIpc) is 2.57. The van der Waals surface area contributed by atoms with Gasteiger partial charge in [0.2, 0.25) is 5.91 Å². The summed E-state index contributed by atoms with van der Waals surface area (Å²) in [5.74, 6) is 0.918. The first-order valence-corrected chi connectivity index (χ1v) is 9.02. The Hall–Kier alpha value is -1.63. The van der Waals surface area contributed by atoms with Gasteiger partial charge in [0.1, 0.15) is 5.75 Å². The molecule has 1 aromatic rings. The molecule has 1 fully saturated rings. The molecule has 2 N–H and O–H groups in total. The van der Waals surface area contributed by atoms with Crippen molar-refractivity contribution < 1.29 is 14.6 Å². The number of nitrogens with one attached hydrogen (secondary N) is 1. The predicted molar refractivity (Wildman–Crippen MR) is 98.9 cm³/mol. The van der Waals surface area contributed by atoms with Crippen LogP contribution in [0.2, 0.25) is 0 Å². The molecule has 25 heavy (non-hydrogen) atoms. The highest BCUT2D eigenvalue weighted by molar-refractivity contribution is 5.78. The minimum Gasteiger partial charge on any atom is -0.497 e. The lowest BCUT2D eigenvalue weighted by molar-refractivity contribution is -0.123. The van der Waals surface area contributed by atoms with Crippen molar-refractivity contribution in [3.05, 3.63) is 29.8 Å². The first kappa shape index (κ1) is 19.7. The van der Waals surface area contributed by atoms with Crippen LogP contribution < -0.4 is 10.1 Å². The van der Waals surface area contributed by atoms with E-state index in [1.807, 2.05) is 31.2 Å². The highest BCUT2D eigenvalue weighted by Gasteiger charge is 2.25. The van der Waals surface area contributed by atoms with Crippen LogP contribution in [0.15, 0.2) is 24.3 Å². The van der Waals surface area contributed by atoms with E-state index in [2.05, 4.69) is 22.0 Å². The van der Waals surface area contributed by atoms with E-state index in [9.17, 15) is 9.90 Å². The predicted octanol–water partition coefficient (Wildman–Crippen LogP) is 0.741. The highest BCUT2D eigenvalue weighted by Crippen LogP contribution is 2.12. The fourth-order valence-corrected chi connectivity index (χ4v) is 3.22. The number of hydrogen-bond donors (Lipinski definition) is 2. The number of carbonyl (C=O) groups is 1. The standard InChI is InChI=1S/C19H31N3O3/c1-15-12-21(10-11-22(15)13-16(2)23)14-19(24)20-9-8-17-4-6-18(25-3)7-5-17/h4-7,15-16,23H,8-14H2,1-3H3,(H,20,24)/t15-,16+/m0/s1. The molecule has 0 spiro atoms. The number of benzene rings is 1. The molecule has 0 bridgehead atoms. The van der Waals surface area contributed by atoms with E-state index in [4.69, 9.17) is 4.74 Å². The Balaban J connectivity index is 1.66. The zero-order valence-electron chi connectivity index (χ0n) is 15.6. The molecular weight excluding hydrogens is 318 g/mol. The van der Waals surface area contributed by atoms with Crippen LogP contribution in [0.4, 0.5) is 0 Å². The van der Waals surface area contributed by atoms with Gasteiger partial charge < -0.3 is 15.2 Å². The number of nitrogens with zero attached hydrogens (tertiary/aromatic N) is 2. The number of piperazine rings is 1. The maximum absolute atomic E-state index is 12.1. The third-order valence-electron chi connectivity index (χ3n) is 4.61. The summed E-state index contributed by atoms with van der Waals surface area (Å²) < 4.78 is 5.14. The van der Waals surface area contributed by atoms with Crippen molar-refractivity contribution in [1.29, 1.82) is 0 Å². The lowest BCUT2D eigenvalue weighted by atomic mass is 10.1. The van der Waals surface area contributed by atoms with E-state index >= 15 is 0 Å². The molecule has 1 aliphatic heterocycles. The Morgan fingerprint density at radius 1 is 1.36 bits per heavy atom. The fraction of sp³-hybridized carbons (Fsp3) is 0.632. The van der Waals surface area contributed by atoms with E-state index in [1.165, 1.54) is 5.56 Å². The van der Waals surface area contributed by atoms with Crippen LogP contribution in [0, 0.1) is 0 Å². The minimum atomic E-state index is -0.310. The minimum absolute atomic E-state index is 0.0738. The quantitative estimate of drug-likeness (QED) is 0.725. The summed E-state index contributed by atoms with van der Waals surface area (Å²) in [7, 11) is 1.65. The second-order valence-electron chi connectivity index (χ2n) is 6.88. The largest absolute Gasteiger partial charge is 0.497 e. The van der Waals surface area contributed by atoms with Gasteiger partial charge >= 0.3 is 0 Å². The highest BCUT2D eigenvalue weighted by atomic mass is 16.5. The normalized spacial score (nSPS) is 20.2. The number of β-amino-alcohol motifs (C(OH)–C–C–N with tert-alkyl or cyclic N) is 1. The van der Waals surface area contributed by atoms with E-state index in [-0.39, 0.29) is 12.0 Å². The number of aliphatic hydroxyl groups is 1. The lowest BCUT2D eigenvalue weighted by Crippen LogP contribution is -2.55. The maximum atomic E-state index is 12.1. The van der Waals surface area contributed by atoms with Gasteiger partial charge in [-0.1, -0.05) is 12.1 Å². The summed E-state index contributed by atoms with van der Waals surface area (Å²) in [5, 5.41) is 12.5. The average molecular weight is 349 g/mol. The summed E-state index contributed by atoms with van der Waals surface area (Å²) >= 11 is 0. The zero-order chi connectivity index (χ0) is 18.2. The second kappa shape index (κ2) is 9.75. The number of amides is 1. The third-order valence-corrected chi connectivity index (χ3v) is 4.61. The van der Waals surface area contributed by atoms with E-state index in [1.54, 1.807) is 7.11 Å². The zero-order valence-corrected chi connectivity index (χ0v) is 15.6. The number of methoxy groups -OCH3 is 1. The summed E-state index contributed by atoms with van der Waals surface area (Å²) in [4.78, 5) is 16.6. The molecule has 2 rings (SSSR count).